The second-order valence-corrected chi connectivity index (χ2v) is 7.78. The van der Waals surface area contributed by atoms with E-state index in [1.54, 1.807) is 4.57 Å². The highest BCUT2D eigenvalue weighted by Gasteiger charge is 2.14. The predicted octanol–water partition coefficient (Wildman–Crippen LogP) is 4.52. The molecule has 0 saturated carbocycles. The standard InChI is InChI=1S/C17H14I2N2O/c1-9-4-5-15(10(2)6-9)21-11(3)20-16-13(17(21)22)7-12(18)8-14(16)19/h4-8H,1-3H3. The minimum atomic E-state index is -0.00844. The summed E-state index contributed by atoms with van der Waals surface area (Å²) in [5.74, 6) is 0.712. The van der Waals surface area contributed by atoms with Crippen molar-refractivity contribution >= 4 is 56.1 Å². The highest BCUT2D eigenvalue weighted by molar-refractivity contribution is 14.1. The molecular weight excluding hydrogens is 502 g/mol. The summed E-state index contributed by atoms with van der Waals surface area (Å²) in [4.78, 5) is 17.7. The molecule has 0 atom stereocenters. The summed E-state index contributed by atoms with van der Waals surface area (Å²) in [6.07, 6.45) is 0. The van der Waals surface area contributed by atoms with Crippen molar-refractivity contribution in [3.8, 4) is 5.69 Å². The highest BCUT2D eigenvalue weighted by Crippen LogP contribution is 2.22. The van der Waals surface area contributed by atoms with Crippen LogP contribution < -0.4 is 5.56 Å². The molecule has 3 rings (SSSR count). The van der Waals surface area contributed by atoms with Gasteiger partial charge in [0.25, 0.3) is 5.56 Å². The number of benzene rings is 2. The fourth-order valence-electron chi connectivity index (χ4n) is 2.66. The van der Waals surface area contributed by atoms with Crippen LogP contribution in [-0.4, -0.2) is 9.55 Å². The number of aryl methyl sites for hydroxylation is 3. The molecule has 0 radical (unpaired) electrons. The molecule has 0 unspecified atom stereocenters. The molecule has 0 saturated heterocycles. The first kappa shape index (κ1) is 15.9. The molecule has 112 valence electrons. The Bertz CT molecular complexity index is 961. The monoisotopic (exact) mass is 516 g/mol. The van der Waals surface area contributed by atoms with Crippen molar-refractivity contribution < 1.29 is 0 Å². The van der Waals surface area contributed by atoms with Crippen LogP contribution in [0.1, 0.15) is 17.0 Å². The molecule has 2 aromatic carbocycles. The van der Waals surface area contributed by atoms with Gasteiger partial charge in [0.1, 0.15) is 5.82 Å². The van der Waals surface area contributed by atoms with Crippen molar-refractivity contribution in [3.63, 3.8) is 0 Å². The quantitative estimate of drug-likeness (QED) is 0.447. The van der Waals surface area contributed by atoms with Crippen molar-refractivity contribution in [1.29, 1.82) is 0 Å². The molecule has 3 aromatic rings. The molecule has 1 heterocycles. The first-order valence-electron chi connectivity index (χ1n) is 6.84. The third kappa shape index (κ3) is 2.68. The largest absolute Gasteiger partial charge is 0.268 e. The van der Waals surface area contributed by atoms with E-state index in [1.807, 2.05) is 38.1 Å². The Labute approximate surface area is 156 Å². The SMILES string of the molecule is Cc1ccc(-n2c(C)nc3c(I)cc(I)cc3c2=O)c(C)c1. The number of nitrogens with zero attached hydrogens (tertiary/aromatic N) is 2. The summed E-state index contributed by atoms with van der Waals surface area (Å²) in [5.41, 5.74) is 3.93. The Morgan fingerprint density at radius 3 is 2.45 bits per heavy atom. The fourth-order valence-corrected chi connectivity index (χ4v) is 4.63. The lowest BCUT2D eigenvalue weighted by Crippen LogP contribution is -2.23. The van der Waals surface area contributed by atoms with Crippen LogP contribution in [0.4, 0.5) is 0 Å². The maximum atomic E-state index is 13.0. The van der Waals surface area contributed by atoms with Crippen molar-refractivity contribution in [2.75, 3.05) is 0 Å². The van der Waals surface area contributed by atoms with Crippen LogP contribution in [0.25, 0.3) is 16.6 Å². The zero-order valence-electron chi connectivity index (χ0n) is 12.4. The predicted molar refractivity (Wildman–Crippen MR) is 107 cm³/mol. The van der Waals surface area contributed by atoms with Gasteiger partial charge in [-0.3, -0.25) is 9.36 Å². The molecule has 0 aliphatic heterocycles. The fraction of sp³-hybridized carbons (Fsp3) is 0.176. The molecule has 1 aromatic heterocycles. The number of hydrogen-bond donors (Lipinski definition) is 0. The smallest absolute Gasteiger partial charge is 0.266 e. The Morgan fingerprint density at radius 2 is 1.77 bits per heavy atom. The molecule has 0 amide bonds. The van der Waals surface area contributed by atoms with E-state index in [0.29, 0.717) is 11.2 Å². The number of hydrogen-bond acceptors (Lipinski definition) is 2. The summed E-state index contributed by atoms with van der Waals surface area (Å²) in [6, 6.07) is 10.1. The van der Waals surface area contributed by atoms with Gasteiger partial charge >= 0.3 is 0 Å². The van der Waals surface area contributed by atoms with Crippen molar-refractivity contribution in [3.05, 3.63) is 64.8 Å². The topological polar surface area (TPSA) is 34.9 Å². The van der Waals surface area contributed by atoms with Crippen molar-refractivity contribution in [1.82, 2.24) is 9.55 Å². The average Bonchev–Trinajstić information content (AvgIpc) is 2.42. The normalized spacial score (nSPS) is 11.1. The van der Waals surface area contributed by atoms with Gasteiger partial charge in [-0.1, -0.05) is 17.7 Å². The lowest BCUT2D eigenvalue weighted by Gasteiger charge is -2.14. The van der Waals surface area contributed by atoms with E-state index in [-0.39, 0.29) is 5.56 Å². The van der Waals surface area contributed by atoms with Gasteiger partial charge in [0, 0.05) is 7.14 Å². The summed E-state index contributed by atoms with van der Waals surface area (Å²) >= 11 is 4.47. The molecule has 0 spiro atoms. The Kier molecular flexibility index (Phi) is 4.28. The van der Waals surface area contributed by atoms with Crippen LogP contribution >= 0.6 is 45.2 Å². The lowest BCUT2D eigenvalue weighted by atomic mass is 10.1. The van der Waals surface area contributed by atoms with Crippen LogP contribution in [0.3, 0.4) is 0 Å². The van der Waals surface area contributed by atoms with Crippen LogP contribution in [0.5, 0.6) is 0 Å². The molecular formula is C17H14I2N2O. The highest BCUT2D eigenvalue weighted by atomic mass is 127. The van der Waals surface area contributed by atoms with Crippen LogP contribution in [0.15, 0.2) is 35.1 Å². The first-order valence-corrected chi connectivity index (χ1v) is 9.00. The van der Waals surface area contributed by atoms with Gasteiger partial charge in [0.05, 0.1) is 16.6 Å². The molecule has 0 bridgehead atoms. The van der Waals surface area contributed by atoms with Gasteiger partial charge in [-0.25, -0.2) is 4.98 Å². The van der Waals surface area contributed by atoms with Crippen LogP contribution in [0.2, 0.25) is 0 Å². The van der Waals surface area contributed by atoms with E-state index in [2.05, 4.69) is 63.2 Å². The van der Waals surface area contributed by atoms with E-state index in [1.165, 1.54) is 5.56 Å². The average molecular weight is 516 g/mol. The molecule has 3 nitrogen and oxygen atoms in total. The molecule has 5 heteroatoms. The van der Waals surface area contributed by atoms with Crippen LogP contribution in [-0.2, 0) is 0 Å². The first-order chi connectivity index (χ1) is 10.4. The number of halogens is 2. The zero-order chi connectivity index (χ0) is 16.0. The van der Waals surface area contributed by atoms with Gasteiger partial charge < -0.3 is 0 Å². The third-order valence-electron chi connectivity index (χ3n) is 3.65. The van der Waals surface area contributed by atoms with Gasteiger partial charge in [-0.2, -0.15) is 0 Å². The molecule has 0 aliphatic carbocycles. The molecule has 0 fully saturated rings. The van der Waals surface area contributed by atoms with Gasteiger partial charge in [0.2, 0.25) is 0 Å². The lowest BCUT2D eigenvalue weighted by molar-refractivity contribution is 0.886. The van der Waals surface area contributed by atoms with Gasteiger partial charge in [-0.05, 0) is 89.7 Å². The molecule has 0 aliphatic rings. The van der Waals surface area contributed by atoms with E-state index in [4.69, 9.17) is 0 Å². The van der Waals surface area contributed by atoms with Crippen LogP contribution in [0, 0.1) is 27.9 Å². The zero-order valence-corrected chi connectivity index (χ0v) is 16.8. The summed E-state index contributed by atoms with van der Waals surface area (Å²) in [6.45, 7) is 5.96. The summed E-state index contributed by atoms with van der Waals surface area (Å²) in [5, 5.41) is 0.668. The Morgan fingerprint density at radius 1 is 1.05 bits per heavy atom. The van der Waals surface area contributed by atoms with Gasteiger partial charge in [-0.15, -0.1) is 0 Å². The molecule has 22 heavy (non-hydrogen) atoms. The number of rotatable bonds is 1. The number of aromatic nitrogens is 2. The van der Waals surface area contributed by atoms with Crippen molar-refractivity contribution in [2.24, 2.45) is 0 Å². The van der Waals surface area contributed by atoms with Gasteiger partial charge in [0.15, 0.2) is 0 Å². The Balaban J connectivity index is 2.43. The second-order valence-electron chi connectivity index (χ2n) is 5.37. The third-order valence-corrected chi connectivity index (χ3v) is 5.10. The second kappa shape index (κ2) is 5.92. The maximum absolute atomic E-state index is 13.0. The Hall–Kier alpha value is -0.960. The minimum absolute atomic E-state index is 0.00844. The summed E-state index contributed by atoms with van der Waals surface area (Å²) in [7, 11) is 0. The van der Waals surface area contributed by atoms with E-state index in [0.717, 1.165) is 23.9 Å². The minimum Gasteiger partial charge on any atom is -0.268 e. The van der Waals surface area contributed by atoms with E-state index >= 15 is 0 Å². The molecule has 0 N–H and O–H groups in total. The van der Waals surface area contributed by atoms with E-state index in [9.17, 15) is 4.79 Å². The number of fused-ring (bicyclic) bond motifs is 1. The maximum Gasteiger partial charge on any atom is 0.266 e. The van der Waals surface area contributed by atoms with E-state index < -0.39 is 0 Å². The van der Waals surface area contributed by atoms with Crippen molar-refractivity contribution in [2.45, 2.75) is 20.8 Å². The summed E-state index contributed by atoms with van der Waals surface area (Å²) < 4.78 is 3.76.